The molecule has 37 heavy (non-hydrogen) atoms. The third-order valence-electron chi connectivity index (χ3n) is 5.89. The van der Waals surface area contributed by atoms with Gasteiger partial charge in [-0.1, -0.05) is 41.9 Å². The Kier molecular flexibility index (Phi) is 8.95. The number of nitrogens with one attached hydrogen (secondary N) is 3. The van der Waals surface area contributed by atoms with E-state index in [0.717, 1.165) is 35.5 Å². The second-order valence-electron chi connectivity index (χ2n) is 8.57. The Morgan fingerprint density at radius 3 is 2.54 bits per heavy atom. The molecule has 4 rings (SSSR count). The molecule has 0 fully saturated rings. The maximum atomic E-state index is 12.5. The predicted octanol–water partition coefficient (Wildman–Crippen LogP) is 4.72. The van der Waals surface area contributed by atoms with Crippen LogP contribution in [0.5, 0.6) is 0 Å². The van der Waals surface area contributed by atoms with Crippen LogP contribution in [0.25, 0.3) is 6.08 Å². The van der Waals surface area contributed by atoms with Crippen molar-refractivity contribution < 1.29 is 14.4 Å². The summed E-state index contributed by atoms with van der Waals surface area (Å²) in [5.41, 5.74) is 8.51. The summed E-state index contributed by atoms with van der Waals surface area (Å²) in [5, 5.41) is 9.44. The molecule has 10 heteroatoms. The van der Waals surface area contributed by atoms with E-state index in [1.165, 1.54) is 17.4 Å². The van der Waals surface area contributed by atoms with Crippen LogP contribution in [0.2, 0.25) is 5.02 Å². The number of amides is 4. The molecule has 5 N–H and O–H groups in total. The maximum Gasteiger partial charge on any atom is 0.324 e. The highest BCUT2D eigenvalue weighted by Crippen LogP contribution is 2.37. The molecule has 0 saturated heterocycles. The Labute approximate surface area is 224 Å². The van der Waals surface area contributed by atoms with Crippen molar-refractivity contribution in [2.45, 2.75) is 19.4 Å². The van der Waals surface area contributed by atoms with Gasteiger partial charge in [0.1, 0.15) is 5.00 Å². The molecule has 4 amide bonds. The lowest BCUT2D eigenvalue weighted by Gasteiger charge is -2.26. The summed E-state index contributed by atoms with van der Waals surface area (Å²) in [7, 11) is 0. The van der Waals surface area contributed by atoms with Crippen molar-refractivity contribution in [3.63, 3.8) is 0 Å². The van der Waals surface area contributed by atoms with Crippen LogP contribution in [0.15, 0.2) is 60.7 Å². The van der Waals surface area contributed by atoms with Gasteiger partial charge in [-0.25, -0.2) is 4.79 Å². The molecule has 2 heterocycles. The van der Waals surface area contributed by atoms with Gasteiger partial charge in [0, 0.05) is 47.8 Å². The second-order valence-corrected chi connectivity index (χ2v) is 10.1. The van der Waals surface area contributed by atoms with Crippen molar-refractivity contribution in [3.05, 3.63) is 87.3 Å². The number of urea groups is 1. The zero-order valence-corrected chi connectivity index (χ0v) is 21.7. The zero-order chi connectivity index (χ0) is 26.2. The molecule has 1 aliphatic rings. The van der Waals surface area contributed by atoms with Gasteiger partial charge in [-0.15, -0.1) is 11.3 Å². The average Bonchev–Trinajstić information content (AvgIpc) is 3.24. The fraction of sp³-hybridized carbons (Fsp3) is 0.222. The first kappa shape index (κ1) is 26.4. The Hall–Kier alpha value is -3.66. The van der Waals surface area contributed by atoms with Gasteiger partial charge in [0.05, 0.1) is 5.56 Å². The number of hydrogen-bond acceptors (Lipinski definition) is 5. The Morgan fingerprint density at radius 1 is 1.05 bits per heavy atom. The summed E-state index contributed by atoms with van der Waals surface area (Å²) in [6.45, 7) is 2.78. The van der Waals surface area contributed by atoms with E-state index >= 15 is 0 Å². The predicted molar refractivity (Wildman–Crippen MR) is 149 cm³/mol. The minimum absolute atomic E-state index is 0.123. The van der Waals surface area contributed by atoms with E-state index in [1.54, 1.807) is 30.3 Å². The van der Waals surface area contributed by atoms with E-state index in [4.69, 9.17) is 17.3 Å². The molecule has 2 aromatic carbocycles. The molecule has 0 aliphatic carbocycles. The highest BCUT2D eigenvalue weighted by Gasteiger charge is 2.27. The Balaban J connectivity index is 1.28. The number of rotatable bonds is 9. The fourth-order valence-corrected chi connectivity index (χ4v) is 5.52. The molecule has 3 aromatic rings. The number of nitrogens with zero attached hydrogens (tertiary/aromatic N) is 1. The van der Waals surface area contributed by atoms with Crippen LogP contribution in [-0.2, 0) is 17.8 Å². The van der Waals surface area contributed by atoms with Crippen LogP contribution >= 0.6 is 22.9 Å². The number of hydrogen-bond donors (Lipinski definition) is 4. The first-order valence-electron chi connectivity index (χ1n) is 11.9. The SMILES string of the molecule is NC(=O)c1c(NC(=O)Nc2ccc(Cl)cc2)sc2c1CCN(CCCNC(=O)/C=C/c1ccccc1)C2. The smallest absolute Gasteiger partial charge is 0.324 e. The molecule has 1 aromatic heterocycles. The average molecular weight is 538 g/mol. The summed E-state index contributed by atoms with van der Waals surface area (Å²) >= 11 is 7.26. The number of halogens is 1. The number of fused-ring (bicyclic) bond motifs is 1. The van der Waals surface area contributed by atoms with E-state index in [-0.39, 0.29) is 5.91 Å². The van der Waals surface area contributed by atoms with Gasteiger partial charge >= 0.3 is 6.03 Å². The van der Waals surface area contributed by atoms with Crippen molar-refractivity contribution >= 4 is 57.5 Å². The van der Waals surface area contributed by atoms with Gasteiger partial charge in [0.25, 0.3) is 5.91 Å². The molecule has 0 radical (unpaired) electrons. The summed E-state index contributed by atoms with van der Waals surface area (Å²) in [6.07, 6.45) is 4.78. The Bertz CT molecular complexity index is 1290. The standard InChI is InChI=1S/C27H28ClN5O3S/c28-19-8-10-20(11-9-19)31-27(36)32-26-24(25(29)35)21-13-16-33(17-22(21)37-26)15-4-14-30-23(34)12-7-18-5-2-1-3-6-18/h1-3,5-12H,4,13-17H2,(H2,29,35)(H,30,34)(H2,31,32,36)/b12-7+. The highest BCUT2D eigenvalue weighted by molar-refractivity contribution is 7.17. The van der Waals surface area contributed by atoms with Gasteiger partial charge in [-0.3, -0.25) is 19.8 Å². The van der Waals surface area contributed by atoms with Gasteiger partial charge in [-0.05, 0) is 54.3 Å². The third kappa shape index (κ3) is 7.42. The van der Waals surface area contributed by atoms with E-state index in [9.17, 15) is 14.4 Å². The summed E-state index contributed by atoms with van der Waals surface area (Å²) < 4.78 is 0. The number of benzene rings is 2. The quantitative estimate of drug-likeness (QED) is 0.233. The number of thiophene rings is 1. The van der Waals surface area contributed by atoms with Crippen molar-refractivity contribution in [2.24, 2.45) is 5.73 Å². The second kappa shape index (κ2) is 12.5. The largest absolute Gasteiger partial charge is 0.365 e. The van der Waals surface area contributed by atoms with Crippen LogP contribution in [-0.4, -0.2) is 42.4 Å². The van der Waals surface area contributed by atoms with Crippen LogP contribution in [0, 0.1) is 0 Å². The van der Waals surface area contributed by atoms with Crippen LogP contribution in [0.4, 0.5) is 15.5 Å². The number of anilines is 2. The topological polar surface area (TPSA) is 117 Å². The molecule has 1 aliphatic heterocycles. The van der Waals surface area contributed by atoms with E-state index in [1.807, 2.05) is 30.3 Å². The van der Waals surface area contributed by atoms with E-state index in [0.29, 0.717) is 40.8 Å². The normalized spacial score (nSPS) is 13.2. The van der Waals surface area contributed by atoms with E-state index in [2.05, 4.69) is 20.9 Å². The lowest BCUT2D eigenvalue weighted by molar-refractivity contribution is -0.116. The fourth-order valence-electron chi connectivity index (χ4n) is 4.10. The number of nitrogens with two attached hydrogens (primary N) is 1. The monoisotopic (exact) mass is 537 g/mol. The number of carbonyl (C=O) groups is 3. The molecule has 0 bridgehead atoms. The van der Waals surface area contributed by atoms with Crippen molar-refractivity contribution in [3.8, 4) is 0 Å². The highest BCUT2D eigenvalue weighted by atomic mass is 35.5. The molecular formula is C27H28ClN5O3S. The van der Waals surface area contributed by atoms with Crippen LogP contribution in [0.1, 0.15) is 32.8 Å². The van der Waals surface area contributed by atoms with Crippen molar-refractivity contribution in [1.29, 1.82) is 0 Å². The van der Waals surface area contributed by atoms with Gasteiger partial charge in [-0.2, -0.15) is 0 Å². The third-order valence-corrected chi connectivity index (χ3v) is 7.27. The molecule has 192 valence electrons. The lowest BCUT2D eigenvalue weighted by Crippen LogP contribution is -2.33. The van der Waals surface area contributed by atoms with E-state index < -0.39 is 11.9 Å². The van der Waals surface area contributed by atoms with Gasteiger partial charge in [0.2, 0.25) is 5.91 Å². The summed E-state index contributed by atoms with van der Waals surface area (Å²) in [4.78, 5) is 40.1. The van der Waals surface area contributed by atoms with Crippen molar-refractivity contribution in [2.75, 3.05) is 30.3 Å². The molecule has 0 unspecified atom stereocenters. The minimum Gasteiger partial charge on any atom is -0.365 e. The molecule has 0 atom stereocenters. The number of primary amides is 1. The van der Waals surface area contributed by atoms with Gasteiger partial charge in [0.15, 0.2) is 0 Å². The first-order valence-corrected chi connectivity index (χ1v) is 13.1. The molecule has 8 nitrogen and oxygen atoms in total. The van der Waals surface area contributed by atoms with Gasteiger partial charge < -0.3 is 16.4 Å². The van der Waals surface area contributed by atoms with Crippen molar-refractivity contribution in [1.82, 2.24) is 10.2 Å². The lowest BCUT2D eigenvalue weighted by atomic mass is 10.0. The first-order chi connectivity index (χ1) is 17.9. The summed E-state index contributed by atoms with van der Waals surface area (Å²) in [5.74, 6) is -0.680. The van der Waals surface area contributed by atoms with Crippen LogP contribution in [0.3, 0.4) is 0 Å². The van der Waals surface area contributed by atoms with Crippen LogP contribution < -0.4 is 21.7 Å². The minimum atomic E-state index is -0.556. The maximum absolute atomic E-state index is 12.5. The molecule has 0 spiro atoms. The zero-order valence-electron chi connectivity index (χ0n) is 20.1. The summed E-state index contributed by atoms with van der Waals surface area (Å²) in [6, 6.07) is 15.9. The number of carbonyl (C=O) groups excluding carboxylic acids is 3. The molecular weight excluding hydrogens is 510 g/mol. The molecule has 0 saturated carbocycles. The Morgan fingerprint density at radius 2 is 1.81 bits per heavy atom.